The van der Waals surface area contributed by atoms with Crippen molar-refractivity contribution < 1.29 is 19.4 Å². The van der Waals surface area contributed by atoms with Crippen molar-refractivity contribution in [1.82, 2.24) is 0 Å². The molecule has 1 unspecified atom stereocenters. The number of aliphatic carboxylic acids is 1. The molecule has 0 heterocycles. The minimum Gasteiger partial charge on any atom is -0.481 e. The van der Waals surface area contributed by atoms with Gasteiger partial charge in [0.05, 0.1) is 6.61 Å². The SMILES string of the molecule is CC(COC(=O)CCCCC(=O)O)CC(C)(C)C. The van der Waals surface area contributed by atoms with Crippen LogP contribution in [0.4, 0.5) is 0 Å². The van der Waals surface area contributed by atoms with Crippen molar-refractivity contribution in [2.24, 2.45) is 11.3 Å². The minimum atomic E-state index is -0.817. The van der Waals surface area contributed by atoms with Crippen molar-refractivity contribution in [1.29, 1.82) is 0 Å². The molecule has 0 fully saturated rings. The van der Waals surface area contributed by atoms with Gasteiger partial charge in [0.15, 0.2) is 0 Å². The van der Waals surface area contributed by atoms with E-state index in [0.717, 1.165) is 6.42 Å². The second kappa shape index (κ2) is 8.11. The van der Waals surface area contributed by atoms with E-state index in [1.807, 2.05) is 0 Å². The Bertz CT molecular complexity index is 265. The zero-order valence-electron chi connectivity index (χ0n) is 12.0. The van der Waals surface area contributed by atoms with E-state index >= 15 is 0 Å². The van der Waals surface area contributed by atoms with E-state index in [2.05, 4.69) is 27.7 Å². The lowest BCUT2D eigenvalue weighted by Gasteiger charge is -2.22. The lowest BCUT2D eigenvalue weighted by atomic mass is 9.86. The lowest BCUT2D eigenvalue weighted by Crippen LogP contribution is -2.17. The number of unbranched alkanes of at least 4 members (excludes halogenated alkanes) is 1. The van der Waals surface area contributed by atoms with E-state index in [9.17, 15) is 9.59 Å². The smallest absolute Gasteiger partial charge is 0.305 e. The summed E-state index contributed by atoms with van der Waals surface area (Å²) < 4.78 is 5.17. The highest BCUT2D eigenvalue weighted by Crippen LogP contribution is 2.24. The molecule has 0 aromatic rings. The van der Waals surface area contributed by atoms with Crippen LogP contribution in [0.25, 0.3) is 0 Å². The van der Waals surface area contributed by atoms with Crippen molar-refractivity contribution in [2.75, 3.05) is 6.61 Å². The van der Waals surface area contributed by atoms with Gasteiger partial charge in [0.25, 0.3) is 0 Å². The number of hydrogen-bond acceptors (Lipinski definition) is 3. The Morgan fingerprint density at radius 1 is 1.17 bits per heavy atom. The maximum atomic E-state index is 11.4. The van der Waals surface area contributed by atoms with Gasteiger partial charge in [-0.1, -0.05) is 27.7 Å². The third-order valence-corrected chi connectivity index (χ3v) is 2.51. The summed E-state index contributed by atoms with van der Waals surface area (Å²) in [7, 11) is 0. The van der Waals surface area contributed by atoms with Crippen LogP contribution >= 0.6 is 0 Å². The van der Waals surface area contributed by atoms with Crippen LogP contribution in [0.1, 0.15) is 59.8 Å². The molecule has 0 aromatic carbocycles. The number of ether oxygens (including phenoxy) is 1. The maximum Gasteiger partial charge on any atom is 0.305 e. The van der Waals surface area contributed by atoms with Crippen LogP contribution in [0.3, 0.4) is 0 Å². The first-order chi connectivity index (χ1) is 8.20. The van der Waals surface area contributed by atoms with Gasteiger partial charge in [-0.05, 0) is 30.6 Å². The second-order valence-electron chi connectivity index (χ2n) is 6.15. The molecule has 18 heavy (non-hydrogen) atoms. The Balaban J connectivity index is 3.61. The summed E-state index contributed by atoms with van der Waals surface area (Å²) in [5.41, 5.74) is 0.243. The van der Waals surface area contributed by atoms with E-state index in [4.69, 9.17) is 9.84 Å². The Morgan fingerprint density at radius 2 is 1.72 bits per heavy atom. The summed E-state index contributed by atoms with van der Waals surface area (Å²) in [4.78, 5) is 21.7. The normalized spacial score (nSPS) is 13.1. The number of esters is 1. The topological polar surface area (TPSA) is 63.6 Å². The number of carboxylic acids is 1. The summed E-state index contributed by atoms with van der Waals surface area (Å²) in [5.74, 6) is -0.684. The Hall–Kier alpha value is -1.06. The summed E-state index contributed by atoms with van der Waals surface area (Å²) in [5, 5.41) is 8.45. The fourth-order valence-corrected chi connectivity index (χ4v) is 1.96. The van der Waals surface area contributed by atoms with Crippen molar-refractivity contribution in [3.8, 4) is 0 Å². The highest BCUT2D eigenvalue weighted by Gasteiger charge is 2.16. The van der Waals surface area contributed by atoms with Gasteiger partial charge in [0, 0.05) is 12.8 Å². The number of carbonyl (C=O) groups excluding carboxylic acids is 1. The number of carbonyl (C=O) groups is 2. The van der Waals surface area contributed by atoms with Gasteiger partial charge in [-0.3, -0.25) is 9.59 Å². The van der Waals surface area contributed by atoms with Gasteiger partial charge in [0.2, 0.25) is 0 Å². The molecule has 0 aliphatic heterocycles. The zero-order valence-corrected chi connectivity index (χ0v) is 12.0. The van der Waals surface area contributed by atoms with Crippen molar-refractivity contribution >= 4 is 11.9 Å². The average molecular weight is 258 g/mol. The van der Waals surface area contributed by atoms with Crippen molar-refractivity contribution in [3.63, 3.8) is 0 Å². The largest absolute Gasteiger partial charge is 0.481 e. The first-order valence-electron chi connectivity index (χ1n) is 6.58. The highest BCUT2D eigenvalue weighted by molar-refractivity contribution is 5.69. The molecule has 4 nitrogen and oxygen atoms in total. The predicted octanol–water partition coefficient (Wildman–Crippen LogP) is 3.25. The van der Waals surface area contributed by atoms with Crippen LogP contribution in [0.2, 0.25) is 0 Å². The molecule has 0 spiro atoms. The lowest BCUT2D eigenvalue weighted by molar-refractivity contribution is -0.145. The Labute approximate surface area is 110 Å². The van der Waals surface area contributed by atoms with Gasteiger partial charge >= 0.3 is 11.9 Å². The van der Waals surface area contributed by atoms with E-state index in [0.29, 0.717) is 31.8 Å². The molecule has 1 N–H and O–H groups in total. The quantitative estimate of drug-likeness (QED) is 0.536. The van der Waals surface area contributed by atoms with Gasteiger partial charge in [-0.2, -0.15) is 0 Å². The van der Waals surface area contributed by atoms with Crippen LogP contribution < -0.4 is 0 Å². The third-order valence-electron chi connectivity index (χ3n) is 2.51. The molecule has 0 bridgehead atoms. The summed E-state index contributed by atoms with van der Waals surface area (Å²) in [6, 6.07) is 0. The standard InChI is InChI=1S/C14H26O4/c1-11(9-14(2,3)4)10-18-13(17)8-6-5-7-12(15)16/h11H,5-10H2,1-4H3,(H,15,16). The molecular formula is C14H26O4. The first-order valence-corrected chi connectivity index (χ1v) is 6.58. The summed E-state index contributed by atoms with van der Waals surface area (Å²) in [6.45, 7) is 9.02. The van der Waals surface area contributed by atoms with Crippen LogP contribution in [-0.2, 0) is 14.3 Å². The third kappa shape index (κ3) is 11.4. The fourth-order valence-electron chi connectivity index (χ4n) is 1.96. The van der Waals surface area contributed by atoms with Crippen LogP contribution in [-0.4, -0.2) is 23.7 Å². The fraction of sp³-hybridized carbons (Fsp3) is 0.857. The first kappa shape index (κ1) is 16.9. The molecule has 0 aromatic heterocycles. The molecule has 0 aliphatic carbocycles. The molecule has 1 atom stereocenters. The molecule has 4 heteroatoms. The Morgan fingerprint density at radius 3 is 2.22 bits per heavy atom. The average Bonchev–Trinajstić information content (AvgIpc) is 2.19. The van der Waals surface area contributed by atoms with Crippen LogP contribution in [0.5, 0.6) is 0 Å². The van der Waals surface area contributed by atoms with Crippen LogP contribution in [0.15, 0.2) is 0 Å². The number of carboxylic acid groups (broad SMARTS) is 1. The van der Waals surface area contributed by atoms with E-state index in [-0.39, 0.29) is 17.8 Å². The Kier molecular flexibility index (Phi) is 7.64. The molecule has 0 radical (unpaired) electrons. The van der Waals surface area contributed by atoms with E-state index < -0.39 is 5.97 Å². The number of rotatable bonds is 8. The molecular weight excluding hydrogens is 232 g/mol. The highest BCUT2D eigenvalue weighted by atomic mass is 16.5. The van der Waals surface area contributed by atoms with Crippen molar-refractivity contribution in [2.45, 2.75) is 59.8 Å². The van der Waals surface area contributed by atoms with Crippen LogP contribution in [0, 0.1) is 11.3 Å². The predicted molar refractivity (Wildman–Crippen MR) is 70.3 cm³/mol. The molecule has 0 saturated heterocycles. The molecule has 106 valence electrons. The zero-order chi connectivity index (χ0) is 14.2. The molecule has 0 aliphatic rings. The van der Waals surface area contributed by atoms with Gasteiger partial charge in [0.1, 0.15) is 0 Å². The van der Waals surface area contributed by atoms with E-state index in [1.54, 1.807) is 0 Å². The second-order valence-corrected chi connectivity index (χ2v) is 6.15. The van der Waals surface area contributed by atoms with Gasteiger partial charge in [-0.15, -0.1) is 0 Å². The summed E-state index contributed by atoms with van der Waals surface area (Å²) in [6.07, 6.45) is 2.56. The number of hydrogen-bond donors (Lipinski definition) is 1. The molecule has 0 amide bonds. The summed E-state index contributed by atoms with van der Waals surface area (Å²) >= 11 is 0. The van der Waals surface area contributed by atoms with Gasteiger partial charge < -0.3 is 9.84 Å². The minimum absolute atomic E-state index is 0.119. The van der Waals surface area contributed by atoms with Crippen molar-refractivity contribution in [3.05, 3.63) is 0 Å². The monoisotopic (exact) mass is 258 g/mol. The molecule has 0 saturated carbocycles. The van der Waals surface area contributed by atoms with Gasteiger partial charge in [-0.25, -0.2) is 0 Å². The maximum absolute atomic E-state index is 11.4. The van der Waals surface area contributed by atoms with E-state index in [1.165, 1.54) is 0 Å². The molecule has 0 rings (SSSR count).